The molecular formula is C21H23N3O2. The van der Waals surface area contributed by atoms with Crippen LogP contribution < -0.4 is 10.1 Å². The number of rotatable bonds is 5. The molecular weight excluding hydrogens is 326 g/mol. The molecule has 0 saturated heterocycles. The van der Waals surface area contributed by atoms with E-state index >= 15 is 0 Å². The van der Waals surface area contributed by atoms with Gasteiger partial charge in [-0.3, -0.25) is 4.79 Å². The minimum atomic E-state index is -0.192. The topological polar surface area (TPSA) is 56.1 Å². The maximum Gasteiger partial charge on any atom is 0.262 e. The molecule has 26 heavy (non-hydrogen) atoms. The van der Waals surface area contributed by atoms with Crippen LogP contribution in [0.25, 0.3) is 5.69 Å². The first-order valence-corrected chi connectivity index (χ1v) is 8.54. The molecule has 0 unspecified atom stereocenters. The fraction of sp³-hybridized carbons (Fsp3) is 0.238. The summed E-state index contributed by atoms with van der Waals surface area (Å²) >= 11 is 0. The Morgan fingerprint density at radius 1 is 1.12 bits per heavy atom. The first-order valence-electron chi connectivity index (χ1n) is 8.54. The van der Waals surface area contributed by atoms with Crippen LogP contribution in [0.2, 0.25) is 0 Å². The molecule has 0 spiro atoms. The molecule has 0 aliphatic rings. The van der Waals surface area contributed by atoms with E-state index in [9.17, 15) is 4.79 Å². The monoisotopic (exact) mass is 349 g/mol. The van der Waals surface area contributed by atoms with Gasteiger partial charge in [-0.1, -0.05) is 51.1 Å². The molecule has 0 aliphatic heterocycles. The molecule has 3 aromatic rings. The smallest absolute Gasteiger partial charge is 0.262 e. The normalized spacial score (nSPS) is 11.2. The number of carbonyl (C=O) groups is 1. The van der Waals surface area contributed by atoms with Gasteiger partial charge in [0.15, 0.2) is 6.61 Å². The quantitative estimate of drug-likeness (QED) is 0.751. The Morgan fingerprint density at radius 3 is 2.58 bits per heavy atom. The van der Waals surface area contributed by atoms with E-state index in [2.05, 4.69) is 31.1 Å². The molecule has 3 rings (SSSR count). The van der Waals surface area contributed by atoms with Crippen LogP contribution in [-0.2, 0) is 10.2 Å². The van der Waals surface area contributed by atoms with Crippen LogP contribution in [0.3, 0.4) is 0 Å². The number of ether oxygens (including phenoxy) is 1. The molecule has 1 amide bonds. The fourth-order valence-corrected chi connectivity index (χ4v) is 2.77. The largest absolute Gasteiger partial charge is 0.482 e. The van der Waals surface area contributed by atoms with Crippen molar-refractivity contribution in [3.8, 4) is 11.4 Å². The predicted octanol–water partition coefficient (Wildman–Crippen LogP) is 4.19. The van der Waals surface area contributed by atoms with Gasteiger partial charge in [-0.25, -0.2) is 4.98 Å². The zero-order valence-electron chi connectivity index (χ0n) is 15.3. The highest BCUT2D eigenvalue weighted by Crippen LogP contribution is 2.29. The SMILES string of the molecule is CC(C)(C)c1ccccc1NC(=O)COc1ccccc1-n1ccnc1. The maximum atomic E-state index is 12.4. The average molecular weight is 349 g/mol. The van der Waals surface area contributed by atoms with Crippen molar-refractivity contribution in [3.63, 3.8) is 0 Å². The molecule has 2 aromatic carbocycles. The number of amides is 1. The molecule has 0 fully saturated rings. The van der Waals surface area contributed by atoms with Crippen LogP contribution in [0.1, 0.15) is 26.3 Å². The lowest BCUT2D eigenvalue weighted by molar-refractivity contribution is -0.118. The van der Waals surface area contributed by atoms with Gasteiger partial charge in [-0.05, 0) is 29.2 Å². The third-order valence-corrected chi connectivity index (χ3v) is 4.02. The number of benzene rings is 2. The molecule has 1 N–H and O–H groups in total. The van der Waals surface area contributed by atoms with E-state index in [1.807, 2.05) is 59.3 Å². The number of carbonyl (C=O) groups excluding carboxylic acids is 1. The highest BCUT2D eigenvalue weighted by atomic mass is 16.5. The third kappa shape index (κ3) is 4.11. The van der Waals surface area contributed by atoms with Gasteiger partial charge in [0.2, 0.25) is 0 Å². The Morgan fingerprint density at radius 2 is 1.85 bits per heavy atom. The summed E-state index contributed by atoms with van der Waals surface area (Å²) in [5.41, 5.74) is 2.69. The maximum absolute atomic E-state index is 12.4. The lowest BCUT2D eigenvalue weighted by Crippen LogP contribution is -2.23. The lowest BCUT2D eigenvalue weighted by Gasteiger charge is -2.23. The Balaban J connectivity index is 1.70. The Hall–Kier alpha value is -3.08. The Bertz CT molecular complexity index is 880. The summed E-state index contributed by atoms with van der Waals surface area (Å²) in [5.74, 6) is 0.437. The van der Waals surface area contributed by atoms with E-state index in [0.29, 0.717) is 5.75 Å². The van der Waals surface area contributed by atoms with Crippen molar-refractivity contribution in [2.75, 3.05) is 11.9 Å². The number of hydrogen-bond acceptors (Lipinski definition) is 3. The zero-order valence-corrected chi connectivity index (χ0v) is 15.3. The average Bonchev–Trinajstić information content (AvgIpc) is 3.14. The molecule has 5 nitrogen and oxygen atoms in total. The summed E-state index contributed by atoms with van der Waals surface area (Å²) < 4.78 is 7.61. The van der Waals surface area contributed by atoms with Gasteiger partial charge in [-0.15, -0.1) is 0 Å². The van der Waals surface area contributed by atoms with Crippen LogP contribution in [0.5, 0.6) is 5.75 Å². The standard InChI is InChI=1S/C21H23N3O2/c1-21(2,3)16-8-4-5-9-17(16)23-20(25)14-26-19-11-7-6-10-18(19)24-13-12-22-15-24/h4-13,15H,14H2,1-3H3,(H,23,25). The number of nitrogens with zero attached hydrogens (tertiary/aromatic N) is 2. The summed E-state index contributed by atoms with van der Waals surface area (Å²) in [5, 5.41) is 2.96. The van der Waals surface area contributed by atoms with Crippen molar-refractivity contribution >= 4 is 11.6 Å². The van der Waals surface area contributed by atoms with Gasteiger partial charge < -0.3 is 14.6 Å². The van der Waals surface area contributed by atoms with Crippen molar-refractivity contribution in [3.05, 3.63) is 72.8 Å². The van der Waals surface area contributed by atoms with Gasteiger partial charge in [0.05, 0.1) is 12.0 Å². The van der Waals surface area contributed by atoms with Crippen molar-refractivity contribution in [2.45, 2.75) is 26.2 Å². The highest BCUT2D eigenvalue weighted by Gasteiger charge is 2.18. The van der Waals surface area contributed by atoms with Gasteiger partial charge in [0, 0.05) is 18.1 Å². The predicted molar refractivity (Wildman–Crippen MR) is 103 cm³/mol. The number of anilines is 1. The minimum Gasteiger partial charge on any atom is -0.482 e. The zero-order chi connectivity index (χ0) is 18.6. The third-order valence-electron chi connectivity index (χ3n) is 4.02. The number of nitrogens with one attached hydrogen (secondary N) is 1. The number of aromatic nitrogens is 2. The van der Waals surface area contributed by atoms with Gasteiger partial charge in [-0.2, -0.15) is 0 Å². The number of imidazole rings is 1. The second-order valence-electron chi connectivity index (χ2n) is 7.07. The Labute approximate surface area is 153 Å². The van der Waals surface area contributed by atoms with E-state index in [1.165, 1.54) is 0 Å². The first kappa shape index (κ1) is 17.7. The Kier molecular flexibility index (Phi) is 5.07. The van der Waals surface area contributed by atoms with Crippen molar-refractivity contribution in [2.24, 2.45) is 0 Å². The van der Waals surface area contributed by atoms with Crippen LogP contribution in [-0.4, -0.2) is 22.1 Å². The van der Waals surface area contributed by atoms with E-state index in [4.69, 9.17) is 4.74 Å². The van der Waals surface area contributed by atoms with Crippen LogP contribution in [0, 0.1) is 0 Å². The lowest BCUT2D eigenvalue weighted by atomic mass is 9.86. The molecule has 0 saturated carbocycles. The first-order chi connectivity index (χ1) is 12.4. The van der Waals surface area contributed by atoms with Gasteiger partial charge in [0.25, 0.3) is 5.91 Å². The molecule has 0 bridgehead atoms. The molecule has 1 heterocycles. The highest BCUT2D eigenvalue weighted by molar-refractivity contribution is 5.92. The molecule has 0 radical (unpaired) electrons. The van der Waals surface area contributed by atoms with E-state index in [0.717, 1.165) is 16.9 Å². The van der Waals surface area contributed by atoms with Crippen LogP contribution in [0.15, 0.2) is 67.3 Å². The summed E-state index contributed by atoms with van der Waals surface area (Å²) in [6.45, 7) is 6.30. The van der Waals surface area contributed by atoms with Crippen molar-refractivity contribution in [1.82, 2.24) is 9.55 Å². The molecule has 1 aromatic heterocycles. The summed E-state index contributed by atoms with van der Waals surface area (Å²) in [6.07, 6.45) is 5.23. The van der Waals surface area contributed by atoms with Gasteiger partial charge >= 0.3 is 0 Å². The summed E-state index contributed by atoms with van der Waals surface area (Å²) in [7, 11) is 0. The van der Waals surface area contributed by atoms with E-state index < -0.39 is 0 Å². The summed E-state index contributed by atoms with van der Waals surface area (Å²) in [4.78, 5) is 16.5. The molecule has 0 atom stereocenters. The van der Waals surface area contributed by atoms with Crippen LogP contribution >= 0.6 is 0 Å². The van der Waals surface area contributed by atoms with E-state index in [-0.39, 0.29) is 17.9 Å². The second-order valence-corrected chi connectivity index (χ2v) is 7.07. The van der Waals surface area contributed by atoms with Crippen molar-refractivity contribution in [1.29, 1.82) is 0 Å². The summed E-state index contributed by atoms with van der Waals surface area (Å²) in [6, 6.07) is 15.4. The molecule has 134 valence electrons. The number of para-hydroxylation sites is 3. The van der Waals surface area contributed by atoms with Gasteiger partial charge in [0.1, 0.15) is 5.75 Å². The second kappa shape index (κ2) is 7.44. The van der Waals surface area contributed by atoms with Crippen LogP contribution in [0.4, 0.5) is 5.69 Å². The van der Waals surface area contributed by atoms with E-state index in [1.54, 1.807) is 12.5 Å². The minimum absolute atomic E-state index is 0.0568. The van der Waals surface area contributed by atoms with Crippen molar-refractivity contribution < 1.29 is 9.53 Å². The number of hydrogen-bond donors (Lipinski definition) is 1. The molecule has 5 heteroatoms. The fourth-order valence-electron chi connectivity index (χ4n) is 2.77. The molecule has 0 aliphatic carbocycles.